The monoisotopic (exact) mass is 173 g/mol. The van der Waals surface area contributed by atoms with Crippen molar-refractivity contribution >= 4 is 18.4 Å². The second-order valence-electron chi connectivity index (χ2n) is 3.01. The maximum absolute atomic E-state index is 4.07. The molecule has 1 aromatic rings. The summed E-state index contributed by atoms with van der Waals surface area (Å²) in [7, 11) is 0. The molecule has 1 aliphatic heterocycles. The summed E-state index contributed by atoms with van der Waals surface area (Å²) in [6.45, 7) is 2.74. The molecule has 3 heteroatoms. The Hall–Kier alpha value is -1.64. The molecular formula is C10H11N3. The predicted octanol–water partition coefficient (Wildman–Crippen LogP) is 1.83. The van der Waals surface area contributed by atoms with Crippen molar-refractivity contribution in [3.8, 4) is 0 Å². The van der Waals surface area contributed by atoms with Gasteiger partial charge >= 0.3 is 0 Å². The molecule has 0 bridgehead atoms. The van der Waals surface area contributed by atoms with Crippen LogP contribution in [0.25, 0.3) is 0 Å². The van der Waals surface area contributed by atoms with Crippen LogP contribution < -0.4 is 4.90 Å². The van der Waals surface area contributed by atoms with Crippen LogP contribution in [0.3, 0.4) is 0 Å². The van der Waals surface area contributed by atoms with Gasteiger partial charge in [-0.25, -0.2) is 4.99 Å². The summed E-state index contributed by atoms with van der Waals surface area (Å²) < 4.78 is 0. The van der Waals surface area contributed by atoms with E-state index in [0.717, 1.165) is 5.69 Å². The molecule has 0 unspecified atom stereocenters. The van der Waals surface area contributed by atoms with Crippen LogP contribution in [0.4, 0.5) is 5.69 Å². The van der Waals surface area contributed by atoms with Crippen molar-refractivity contribution in [2.45, 2.75) is 6.92 Å². The molecule has 0 spiro atoms. The summed E-state index contributed by atoms with van der Waals surface area (Å²) in [4.78, 5) is 10.0. The maximum Gasteiger partial charge on any atom is 0.117 e. The van der Waals surface area contributed by atoms with E-state index >= 15 is 0 Å². The third-order valence-electron chi connectivity index (χ3n) is 1.92. The molecule has 0 amide bonds. The van der Waals surface area contributed by atoms with E-state index in [4.69, 9.17) is 0 Å². The van der Waals surface area contributed by atoms with E-state index in [1.54, 1.807) is 12.7 Å². The summed E-state index contributed by atoms with van der Waals surface area (Å²) in [5.41, 5.74) is 2.39. The van der Waals surface area contributed by atoms with Gasteiger partial charge in [-0.15, -0.1) is 0 Å². The van der Waals surface area contributed by atoms with Crippen molar-refractivity contribution < 1.29 is 0 Å². The van der Waals surface area contributed by atoms with Gasteiger partial charge in [0, 0.05) is 5.69 Å². The van der Waals surface area contributed by atoms with Crippen LogP contribution in [-0.2, 0) is 0 Å². The molecule has 0 aromatic heterocycles. The van der Waals surface area contributed by atoms with Gasteiger partial charge < -0.3 is 4.90 Å². The van der Waals surface area contributed by atoms with Crippen molar-refractivity contribution in [3.05, 3.63) is 29.8 Å². The molecule has 3 nitrogen and oxygen atoms in total. The van der Waals surface area contributed by atoms with E-state index in [1.165, 1.54) is 5.56 Å². The number of aliphatic imine (C=N–C) groups is 2. The second-order valence-corrected chi connectivity index (χ2v) is 3.01. The molecule has 2 rings (SSSR count). The Morgan fingerprint density at radius 2 is 2.31 bits per heavy atom. The Balaban J connectivity index is 2.25. The maximum atomic E-state index is 4.07. The van der Waals surface area contributed by atoms with Crippen LogP contribution >= 0.6 is 0 Å². The molecule has 66 valence electrons. The first kappa shape index (κ1) is 7.98. The molecule has 1 heterocycles. The number of rotatable bonds is 1. The number of nitrogens with zero attached hydrogens (tertiary/aromatic N) is 3. The molecule has 0 atom stereocenters. The largest absolute Gasteiger partial charge is 0.312 e. The number of hydrogen-bond donors (Lipinski definition) is 0. The van der Waals surface area contributed by atoms with Gasteiger partial charge in [-0.3, -0.25) is 4.99 Å². The van der Waals surface area contributed by atoms with E-state index in [-0.39, 0.29) is 0 Å². The Morgan fingerprint density at radius 3 is 3.00 bits per heavy atom. The number of hydrogen-bond acceptors (Lipinski definition) is 3. The van der Waals surface area contributed by atoms with Gasteiger partial charge in [0.1, 0.15) is 13.0 Å². The molecule has 0 aliphatic carbocycles. The number of benzene rings is 1. The van der Waals surface area contributed by atoms with Gasteiger partial charge in [-0.05, 0) is 24.6 Å². The molecule has 0 N–H and O–H groups in total. The van der Waals surface area contributed by atoms with Crippen LogP contribution in [0.2, 0.25) is 0 Å². The highest BCUT2D eigenvalue weighted by atomic mass is 15.2. The molecule has 13 heavy (non-hydrogen) atoms. The predicted molar refractivity (Wildman–Crippen MR) is 55.5 cm³/mol. The van der Waals surface area contributed by atoms with Crippen molar-refractivity contribution in [2.24, 2.45) is 9.98 Å². The van der Waals surface area contributed by atoms with Gasteiger partial charge in [0.25, 0.3) is 0 Å². The average Bonchev–Trinajstić information content (AvgIpc) is 2.19. The van der Waals surface area contributed by atoms with Crippen LogP contribution in [-0.4, -0.2) is 19.3 Å². The Morgan fingerprint density at radius 1 is 1.38 bits per heavy atom. The standard InChI is InChI=1S/C10H11N3/c1-9-3-2-4-10(5-9)13-7-11-6-12-8-13/h2-7H,8H2,1H3. The zero-order valence-corrected chi connectivity index (χ0v) is 7.51. The lowest BCUT2D eigenvalue weighted by atomic mass is 10.2. The Kier molecular flexibility index (Phi) is 2.08. The number of aryl methyl sites for hydroxylation is 1. The minimum atomic E-state index is 0.660. The van der Waals surface area contributed by atoms with E-state index in [9.17, 15) is 0 Å². The summed E-state index contributed by atoms with van der Waals surface area (Å²) in [6.07, 6.45) is 3.37. The topological polar surface area (TPSA) is 28.0 Å². The molecule has 1 aromatic carbocycles. The van der Waals surface area contributed by atoms with Crippen LogP contribution in [0.15, 0.2) is 34.3 Å². The molecule has 0 saturated heterocycles. The van der Waals surface area contributed by atoms with E-state index < -0.39 is 0 Å². The Bertz CT molecular complexity index is 355. The lowest BCUT2D eigenvalue weighted by molar-refractivity contribution is 1.01. The molecule has 0 radical (unpaired) electrons. The van der Waals surface area contributed by atoms with Gasteiger partial charge in [-0.2, -0.15) is 0 Å². The molecule has 0 fully saturated rings. The second kappa shape index (κ2) is 3.39. The molecule has 1 aliphatic rings. The minimum absolute atomic E-state index is 0.660. The van der Waals surface area contributed by atoms with E-state index in [2.05, 4.69) is 35.1 Å². The van der Waals surface area contributed by atoms with Gasteiger partial charge in [0.05, 0.1) is 6.34 Å². The lowest BCUT2D eigenvalue weighted by Gasteiger charge is -2.18. The summed E-state index contributed by atoms with van der Waals surface area (Å²) >= 11 is 0. The fourth-order valence-corrected chi connectivity index (χ4v) is 1.27. The van der Waals surface area contributed by atoms with E-state index in [0.29, 0.717) is 6.67 Å². The smallest absolute Gasteiger partial charge is 0.117 e. The fraction of sp³-hybridized carbons (Fsp3) is 0.200. The fourth-order valence-electron chi connectivity index (χ4n) is 1.27. The zero-order valence-electron chi connectivity index (χ0n) is 7.51. The van der Waals surface area contributed by atoms with Crippen molar-refractivity contribution in [2.75, 3.05) is 11.6 Å². The number of anilines is 1. The third kappa shape index (κ3) is 1.75. The van der Waals surface area contributed by atoms with E-state index in [1.807, 2.05) is 11.0 Å². The first-order valence-corrected chi connectivity index (χ1v) is 4.21. The highest BCUT2D eigenvalue weighted by Crippen LogP contribution is 2.14. The first-order valence-electron chi connectivity index (χ1n) is 4.21. The SMILES string of the molecule is Cc1cccc(N2C=NC=NC2)c1. The normalized spacial score (nSPS) is 15.0. The van der Waals surface area contributed by atoms with Gasteiger partial charge in [-0.1, -0.05) is 12.1 Å². The van der Waals surface area contributed by atoms with Crippen LogP contribution in [0.5, 0.6) is 0 Å². The van der Waals surface area contributed by atoms with Crippen molar-refractivity contribution in [1.29, 1.82) is 0 Å². The van der Waals surface area contributed by atoms with Crippen LogP contribution in [0.1, 0.15) is 5.56 Å². The summed E-state index contributed by atoms with van der Waals surface area (Å²) in [5, 5.41) is 0. The highest BCUT2D eigenvalue weighted by molar-refractivity contribution is 5.86. The zero-order chi connectivity index (χ0) is 9.10. The van der Waals surface area contributed by atoms with Gasteiger partial charge in [0.2, 0.25) is 0 Å². The van der Waals surface area contributed by atoms with Crippen molar-refractivity contribution in [3.63, 3.8) is 0 Å². The summed E-state index contributed by atoms with van der Waals surface area (Å²) in [6, 6.07) is 8.29. The summed E-state index contributed by atoms with van der Waals surface area (Å²) in [5.74, 6) is 0. The van der Waals surface area contributed by atoms with Crippen molar-refractivity contribution in [1.82, 2.24) is 0 Å². The molecule has 0 saturated carbocycles. The Labute approximate surface area is 77.4 Å². The minimum Gasteiger partial charge on any atom is -0.312 e. The van der Waals surface area contributed by atoms with Crippen LogP contribution in [0, 0.1) is 6.92 Å². The quantitative estimate of drug-likeness (QED) is 0.636. The average molecular weight is 173 g/mol. The van der Waals surface area contributed by atoms with Gasteiger partial charge in [0.15, 0.2) is 0 Å². The lowest BCUT2D eigenvalue weighted by Crippen LogP contribution is -2.23. The third-order valence-corrected chi connectivity index (χ3v) is 1.92. The highest BCUT2D eigenvalue weighted by Gasteiger charge is 2.03. The first-order chi connectivity index (χ1) is 6.36. The molecular weight excluding hydrogens is 162 g/mol.